The predicted octanol–water partition coefficient (Wildman–Crippen LogP) is 5.72. The summed E-state index contributed by atoms with van der Waals surface area (Å²) >= 11 is 11.8. The van der Waals surface area contributed by atoms with Gasteiger partial charge in [-0.1, -0.05) is 53.5 Å². The van der Waals surface area contributed by atoms with Crippen LogP contribution in [0, 0.1) is 23.7 Å². The van der Waals surface area contributed by atoms with Crippen LogP contribution in [0.15, 0.2) is 72.8 Å². The fourth-order valence-corrected chi connectivity index (χ4v) is 6.83. The third-order valence-electron chi connectivity index (χ3n) is 8.14. The molecule has 0 unspecified atom stereocenters. The van der Waals surface area contributed by atoms with E-state index in [1.54, 1.807) is 24.3 Å². The molecule has 7 nitrogen and oxygen atoms in total. The van der Waals surface area contributed by atoms with Crippen molar-refractivity contribution in [1.82, 2.24) is 0 Å². The Kier molecular flexibility index (Phi) is 6.65. The topological polar surface area (TPSA) is 92.8 Å². The Morgan fingerprint density at radius 1 is 0.872 bits per heavy atom. The third kappa shape index (κ3) is 4.60. The highest BCUT2D eigenvalue weighted by atomic mass is 35.5. The first-order valence-electron chi connectivity index (χ1n) is 12.8. The van der Waals surface area contributed by atoms with Crippen molar-refractivity contribution in [3.05, 3.63) is 94.0 Å². The molecule has 2 saturated carbocycles. The number of benzene rings is 3. The third-order valence-corrected chi connectivity index (χ3v) is 8.88. The second-order valence-electron chi connectivity index (χ2n) is 10.3. The highest BCUT2D eigenvalue weighted by Gasteiger charge is 2.64. The van der Waals surface area contributed by atoms with Crippen LogP contribution in [0.4, 0.5) is 11.4 Å². The number of halogens is 2. The number of hydrogen-bond donors (Lipinski definition) is 1. The van der Waals surface area contributed by atoms with Crippen molar-refractivity contribution in [1.29, 1.82) is 0 Å². The van der Waals surface area contributed by atoms with Gasteiger partial charge in [0.15, 0.2) is 6.61 Å². The fraction of sp³-hybridized carbons (Fsp3) is 0.267. The molecule has 0 spiro atoms. The number of esters is 1. The number of ether oxygens (including phenoxy) is 1. The van der Waals surface area contributed by atoms with E-state index in [1.165, 1.54) is 28.7 Å². The van der Waals surface area contributed by atoms with Gasteiger partial charge in [0.2, 0.25) is 11.8 Å². The normalized spacial score (nSPS) is 25.1. The molecule has 6 rings (SSSR count). The molecular formula is C30H24Cl2N2O5. The zero-order valence-corrected chi connectivity index (χ0v) is 22.2. The van der Waals surface area contributed by atoms with Crippen LogP contribution >= 0.6 is 23.2 Å². The fourth-order valence-electron chi connectivity index (χ4n) is 6.53. The van der Waals surface area contributed by atoms with Gasteiger partial charge in [0, 0.05) is 5.69 Å². The average Bonchev–Trinajstić information content (AvgIpc) is 3.61. The summed E-state index contributed by atoms with van der Waals surface area (Å²) in [6, 6.07) is 21.0. The first-order valence-corrected chi connectivity index (χ1v) is 13.5. The molecule has 3 aliphatic rings. The number of carbonyl (C=O) groups excluding carboxylic acids is 4. The van der Waals surface area contributed by atoms with E-state index < -0.39 is 18.5 Å². The standard InChI is InChI=1S/C30H24Cl2N2O5/c31-23-11-8-19(14-24(23)32)33-25(35)15-39-30(38)17-6-9-20(10-7-17)34-28(36)26-18-12-21(16-4-2-1-3-5-16)22(13-18)27(26)29(34)37/h1-11,14,18,21-22,26-27H,12-13,15H2,(H,33,35)/t18-,21-,22+,26+,27-/m0/s1. The molecule has 3 aromatic rings. The lowest BCUT2D eigenvalue weighted by atomic mass is 9.73. The molecule has 9 heteroatoms. The van der Waals surface area contributed by atoms with E-state index in [1.807, 2.05) is 18.2 Å². The van der Waals surface area contributed by atoms with Gasteiger partial charge in [-0.15, -0.1) is 0 Å². The van der Waals surface area contributed by atoms with Crippen LogP contribution in [0.2, 0.25) is 10.0 Å². The Labute approximate surface area is 235 Å². The van der Waals surface area contributed by atoms with E-state index in [2.05, 4.69) is 17.4 Å². The summed E-state index contributed by atoms with van der Waals surface area (Å²) in [5.74, 6) is -1.48. The molecule has 3 aromatic carbocycles. The number of hydrogen-bond acceptors (Lipinski definition) is 5. The van der Waals surface area contributed by atoms with Crippen LogP contribution in [0.25, 0.3) is 0 Å². The van der Waals surface area contributed by atoms with Gasteiger partial charge in [-0.05, 0) is 78.6 Å². The van der Waals surface area contributed by atoms with Gasteiger partial charge in [0.25, 0.3) is 5.91 Å². The Balaban J connectivity index is 1.09. The van der Waals surface area contributed by atoms with Crippen LogP contribution in [0.3, 0.4) is 0 Å². The zero-order chi connectivity index (χ0) is 27.3. The molecule has 3 amide bonds. The van der Waals surface area contributed by atoms with Gasteiger partial charge in [0.05, 0.1) is 33.1 Å². The van der Waals surface area contributed by atoms with Crippen LogP contribution in [-0.2, 0) is 19.1 Å². The Morgan fingerprint density at radius 3 is 2.31 bits per heavy atom. The molecular weight excluding hydrogens is 539 g/mol. The molecule has 5 atom stereocenters. The minimum absolute atomic E-state index is 0.154. The van der Waals surface area contributed by atoms with Gasteiger partial charge in [-0.25, -0.2) is 4.79 Å². The summed E-state index contributed by atoms with van der Waals surface area (Å²) in [6.45, 7) is -0.501. The quantitative estimate of drug-likeness (QED) is 0.306. The van der Waals surface area contributed by atoms with Gasteiger partial charge >= 0.3 is 5.97 Å². The summed E-state index contributed by atoms with van der Waals surface area (Å²) in [6.07, 6.45) is 1.83. The maximum absolute atomic E-state index is 13.5. The highest BCUT2D eigenvalue weighted by molar-refractivity contribution is 6.42. The Morgan fingerprint density at radius 2 is 1.59 bits per heavy atom. The molecule has 1 N–H and O–H groups in total. The van der Waals surface area contributed by atoms with Crippen LogP contribution in [-0.4, -0.2) is 30.3 Å². The summed E-state index contributed by atoms with van der Waals surface area (Å²) < 4.78 is 5.12. The number of carbonyl (C=O) groups is 4. The number of imide groups is 1. The maximum Gasteiger partial charge on any atom is 0.338 e. The number of fused-ring (bicyclic) bond motifs is 5. The molecule has 1 aliphatic heterocycles. The number of anilines is 2. The number of nitrogens with zero attached hydrogens (tertiary/aromatic N) is 1. The van der Waals surface area contributed by atoms with Crippen molar-refractivity contribution in [3.8, 4) is 0 Å². The largest absolute Gasteiger partial charge is 0.452 e. The van der Waals surface area contributed by atoms with Gasteiger partial charge in [-0.2, -0.15) is 0 Å². The second kappa shape index (κ2) is 10.1. The molecule has 39 heavy (non-hydrogen) atoms. The molecule has 198 valence electrons. The predicted molar refractivity (Wildman–Crippen MR) is 147 cm³/mol. The van der Waals surface area contributed by atoms with Crippen molar-refractivity contribution < 1.29 is 23.9 Å². The lowest BCUT2D eigenvalue weighted by Crippen LogP contribution is -2.33. The first-order chi connectivity index (χ1) is 18.8. The van der Waals surface area contributed by atoms with E-state index in [4.69, 9.17) is 27.9 Å². The van der Waals surface area contributed by atoms with Crippen molar-refractivity contribution >= 4 is 58.3 Å². The van der Waals surface area contributed by atoms with E-state index in [0.29, 0.717) is 22.3 Å². The van der Waals surface area contributed by atoms with Crippen molar-refractivity contribution in [2.45, 2.75) is 18.8 Å². The second-order valence-corrected chi connectivity index (χ2v) is 11.1. The van der Waals surface area contributed by atoms with Gasteiger partial charge in [-0.3, -0.25) is 19.3 Å². The average molecular weight is 563 g/mol. The van der Waals surface area contributed by atoms with Crippen LogP contribution in [0.5, 0.6) is 0 Å². The van der Waals surface area contributed by atoms with Crippen molar-refractivity contribution in [3.63, 3.8) is 0 Å². The van der Waals surface area contributed by atoms with E-state index in [9.17, 15) is 19.2 Å². The molecule has 0 aromatic heterocycles. The Hall–Kier alpha value is -3.68. The number of amides is 3. The monoisotopic (exact) mass is 562 g/mol. The molecule has 1 heterocycles. The van der Waals surface area contributed by atoms with E-state index in [-0.39, 0.29) is 46.1 Å². The summed E-state index contributed by atoms with van der Waals surface area (Å²) in [4.78, 5) is 52.8. The molecule has 2 bridgehead atoms. The molecule has 2 aliphatic carbocycles. The summed E-state index contributed by atoms with van der Waals surface area (Å²) in [5, 5.41) is 3.22. The van der Waals surface area contributed by atoms with E-state index in [0.717, 1.165) is 12.8 Å². The maximum atomic E-state index is 13.5. The van der Waals surface area contributed by atoms with Gasteiger partial charge in [0.1, 0.15) is 0 Å². The van der Waals surface area contributed by atoms with Crippen molar-refractivity contribution in [2.24, 2.45) is 23.7 Å². The zero-order valence-electron chi connectivity index (χ0n) is 20.7. The van der Waals surface area contributed by atoms with Crippen LogP contribution < -0.4 is 10.2 Å². The SMILES string of the molecule is O=C(COC(=O)c1ccc(N2C(=O)[C@@H]3[C@@H]4C[C@@H]([C@@H]3C2=O)[C@H](c2ccccc2)C4)cc1)Nc1ccc(Cl)c(Cl)c1. The lowest BCUT2D eigenvalue weighted by Gasteiger charge is -2.28. The smallest absolute Gasteiger partial charge is 0.338 e. The first kappa shape index (κ1) is 25.6. The Bertz CT molecular complexity index is 1480. The lowest BCUT2D eigenvalue weighted by molar-refractivity contribution is -0.123. The van der Waals surface area contributed by atoms with Crippen molar-refractivity contribution in [2.75, 3.05) is 16.8 Å². The molecule has 3 fully saturated rings. The van der Waals surface area contributed by atoms with E-state index >= 15 is 0 Å². The number of nitrogens with one attached hydrogen (secondary N) is 1. The molecule has 1 saturated heterocycles. The van der Waals surface area contributed by atoms with Gasteiger partial charge < -0.3 is 10.1 Å². The summed E-state index contributed by atoms with van der Waals surface area (Å²) in [7, 11) is 0. The minimum atomic E-state index is -0.703. The van der Waals surface area contributed by atoms with Crippen LogP contribution in [0.1, 0.15) is 34.7 Å². The summed E-state index contributed by atoms with van der Waals surface area (Å²) in [5.41, 5.74) is 2.28. The minimum Gasteiger partial charge on any atom is -0.452 e. The molecule has 0 radical (unpaired) electrons. The number of rotatable bonds is 6. The highest BCUT2D eigenvalue weighted by Crippen LogP contribution is 2.61.